The van der Waals surface area contributed by atoms with Crippen LogP contribution < -0.4 is 15.5 Å². The average Bonchev–Trinajstić information content (AvgIpc) is 3.37. The summed E-state index contributed by atoms with van der Waals surface area (Å²) in [4.78, 5) is 35.4. The van der Waals surface area contributed by atoms with Crippen LogP contribution in [0.25, 0.3) is 0 Å². The standard InChI is InChI=1S/C15H17ClN2O3.C5H9NO2/c1-9-15(6-12(17-9)14(20)21)7-13(19)18(8-15)11-4-2-3-10(16)5-11;7-5(8)4-2-1-3-6-4/h2-5,9,12,17H,6-8H2,1H3,(H,20,21);4,6H,1-3H2,(H,7,8)/t9?,12-,15+;4-/m00/s1. The fraction of sp³-hybridized carbons (Fsp3) is 0.550. The van der Waals surface area contributed by atoms with E-state index in [1.165, 1.54) is 0 Å². The largest absolute Gasteiger partial charge is 0.480 e. The number of carbonyl (C=O) groups is 3. The average molecular weight is 424 g/mol. The number of nitrogens with zero attached hydrogens (tertiary/aromatic N) is 1. The Labute approximate surface area is 174 Å². The third-order valence-electron chi connectivity index (χ3n) is 6.03. The molecule has 0 saturated carbocycles. The van der Waals surface area contributed by atoms with E-state index in [4.69, 9.17) is 16.7 Å². The Hall–Kier alpha value is -2.16. The number of hydrogen-bond acceptors (Lipinski definition) is 5. The van der Waals surface area contributed by atoms with E-state index in [2.05, 4.69) is 10.6 Å². The van der Waals surface area contributed by atoms with Gasteiger partial charge in [0, 0.05) is 35.1 Å². The molecule has 3 saturated heterocycles. The number of hydrogen-bond donors (Lipinski definition) is 4. The van der Waals surface area contributed by atoms with Gasteiger partial charge < -0.3 is 25.7 Å². The summed E-state index contributed by atoms with van der Waals surface area (Å²) in [7, 11) is 0. The number of anilines is 1. The van der Waals surface area contributed by atoms with Crippen molar-refractivity contribution in [3.05, 3.63) is 29.3 Å². The Morgan fingerprint density at radius 3 is 2.48 bits per heavy atom. The van der Waals surface area contributed by atoms with Gasteiger partial charge in [-0.3, -0.25) is 14.4 Å². The topological polar surface area (TPSA) is 119 Å². The van der Waals surface area contributed by atoms with Crippen LogP contribution in [-0.2, 0) is 14.4 Å². The molecular weight excluding hydrogens is 398 g/mol. The van der Waals surface area contributed by atoms with Gasteiger partial charge in [0.1, 0.15) is 12.1 Å². The molecule has 4 N–H and O–H groups in total. The van der Waals surface area contributed by atoms with E-state index in [1.54, 1.807) is 17.0 Å². The lowest BCUT2D eigenvalue weighted by molar-refractivity contribution is -0.140. The van der Waals surface area contributed by atoms with E-state index in [0.29, 0.717) is 24.4 Å². The van der Waals surface area contributed by atoms with Gasteiger partial charge in [-0.1, -0.05) is 17.7 Å². The molecule has 158 valence electrons. The molecular formula is C20H26ClN3O5. The summed E-state index contributed by atoms with van der Waals surface area (Å²) >= 11 is 5.99. The third-order valence-corrected chi connectivity index (χ3v) is 6.27. The summed E-state index contributed by atoms with van der Waals surface area (Å²) in [6.07, 6.45) is 2.63. The number of benzene rings is 1. The van der Waals surface area contributed by atoms with E-state index in [-0.39, 0.29) is 23.4 Å². The van der Waals surface area contributed by atoms with Crippen molar-refractivity contribution < 1.29 is 24.6 Å². The Bertz CT molecular complexity index is 798. The summed E-state index contributed by atoms with van der Waals surface area (Å²) < 4.78 is 0. The van der Waals surface area contributed by atoms with Gasteiger partial charge >= 0.3 is 11.9 Å². The van der Waals surface area contributed by atoms with Crippen molar-refractivity contribution in [2.45, 2.75) is 50.7 Å². The minimum atomic E-state index is -0.854. The second kappa shape index (κ2) is 8.69. The zero-order valence-electron chi connectivity index (χ0n) is 16.2. The molecule has 9 heteroatoms. The van der Waals surface area contributed by atoms with Crippen molar-refractivity contribution >= 4 is 35.1 Å². The third kappa shape index (κ3) is 4.71. The molecule has 1 amide bonds. The molecule has 4 rings (SSSR count). The SMILES string of the molecule is CC1N[C@H](C(=O)O)C[C@]12CC(=O)N(c1cccc(Cl)c1)C2.O=C(O)[C@@H]1CCCN1. The fourth-order valence-electron chi connectivity index (χ4n) is 4.34. The second-order valence-electron chi connectivity index (χ2n) is 7.97. The first-order valence-electron chi connectivity index (χ1n) is 9.73. The van der Waals surface area contributed by atoms with Crippen molar-refractivity contribution in [3.63, 3.8) is 0 Å². The zero-order chi connectivity index (χ0) is 21.2. The van der Waals surface area contributed by atoms with Gasteiger partial charge in [0.2, 0.25) is 5.91 Å². The van der Waals surface area contributed by atoms with Crippen molar-refractivity contribution in [1.29, 1.82) is 0 Å². The molecule has 3 aliphatic rings. The predicted molar refractivity (Wildman–Crippen MR) is 108 cm³/mol. The fourth-order valence-corrected chi connectivity index (χ4v) is 4.52. The first-order valence-corrected chi connectivity index (χ1v) is 10.1. The van der Waals surface area contributed by atoms with Gasteiger partial charge in [-0.05, 0) is 50.9 Å². The van der Waals surface area contributed by atoms with Crippen molar-refractivity contribution in [3.8, 4) is 0 Å². The van der Waals surface area contributed by atoms with Crippen LogP contribution in [0.4, 0.5) is 5.69 Å². The quantitative estimate of drug-likeness (QED) is 0.584. The highest BCUT2D eigenvalue weighted by Crippen LogP contribution is 2.44. The van der Waals surface area contributed by atoms with Crippen molar-refractivity contribution in [1.82, 2.24) is 10.6 Å². The van der Waals surface area contributed by atoms with Crippen LogP contribution in [0.1, 0.15) is 32.6 Å². The molecule has 29 heavy (non-hydrogen) atoms. The Balaban J connectivity index is 0.000000252. The van der Waals surface area contributed by atoms with E-state index >= 15 is 0 Å². The maximum atomic E-state index is 12.4. The summed E-state index contributed by atoms with van der Waals surface area (Å²) in [5.41, 5.74) is 0.456. The zero-order valence-corrected chi connectivity index (χ0v) is 17.0. The molecule has 0 aromatic heterocycles. The van der Waals surface area contributed by atoms with Crippen LogP contribution in [0.15, 0.2) is 24.3 Å². The smallest absolute Gasteiger partial charge is 0.320 e. The molecule has 1 aromatic carbocycles. The molecule has 4 atom stereocenters. The summed E-state index contributed by atoms with van der Waals surface area (Å²) in [5.74, 6) is -1.55. The van der Waals surface area contributed by atoms with Crippen LogP contribution in [0.2, 0.25) is 5.02 Å². The highest BCUT2D eigenvalue weighted by molar-refractivity contribution is 6.30. The molecule has 0 radical (unpaired) electrons. The number of rotatable bonds is 3. The molecule has 1 aromatic rings. The molecule has 8 nitrogen and oxygen atoms in total. The molecule has 1 unspecified atom stereocenters. The lowest BCUT2D eigenvalue weighted by Crippen LogP contribution is -2.38. The Morgan fingerprint density at radius 1 is 1.24 bits per heavy atom. The van der Waals surface area contributed by atoms with Crippen LogP contribution in [0.5, 0.6) is 0 Å². The van der Waals surface area contributed by atoms with Gasteiger partial charge in [0.15, 0.2) is 0 Å². The summed E-state index contributed by atoms with van der Waals surface area (Å²) in [6, 6.07) is 6.34. The molecule has 1 spiro atoms. The summed E-state index contributed by atoms with van der Waals surface area (Å²) in [6.45, 7) is 3.35. The maximum Gasteiger partial charge on any atom is 0.320 e. The lowest BCUT2D eigenvalue weighted by Gasteiger charge is -2.27. The molecule has 0 bridgehead atoms. The normalized spacial score (nSPS) is 31.0. The van der Waals surface area contributed by atoms with Gasteiger partial charge in [0.25, 0.3) is 0 Å². The van der Waals surface area contributed by atoms with E-state index in [9.17, 15) is 19.5 Å². The van der Waals surface area contributed by atoms with Gasteiger partial charge in [0.05, 0.1) is 0 Å². The maximum absolute atomic E-state index is 12.4. The van der Waals surface area contributed by atoms with E-state index in [1.807, 2.05) is 19.1 Å². The van der Waals surface area contributed by atoms with Crippen LogP contribution >= 0.6 is 11.6 Å². The number of nitrogens with one attached hydrogen (secondary N) is 2. The van der Waals surface area contributed by atoms with Crippen LogP contribution in [-0.4, -0.2) is 59.3 Å². The number of halogens is 1. The predicted octanol–water partition coefficient (Wildman–Crippen LogP) is 1.72. The van der Waals surface area contributed by atoms with Gasteiger partial charge in [-0.25, -0.2) is 0 Å². The molecule has 3 aliphatic heterocycles. The number of carbonyl (C=O) groups excluding carboxylic acids is 1. The number of aliphatic carboxylic acids is 2. The van der Waals surface area contributed by atoms with Crippen LogP contribution in [0, 0.1) is 5.41 Å². The van der Waals surface area contributed by atoms with Gasteiger partial charge in [-0.15, -0.1) is 0 Å². The first-order chi connectivity index (χ1) is 13.7. The second-order valence-corrected chi connectivity index (χ2v) is 8.41. The first kappa shape index (κ1) is 21.5. The molecule has 3 heterocycles. The van der Waals surface area contributed by atoms with E-state index < -0.39 is 18.0 Å². The monoisotopic (exact) mass is 423 g/mol. The van der Waals surface area contributed by atoms with Gasteiger partial charge in [-0.2, -0.15) is 0 Å². The highest BCUT2D eigenvalue weighted by atomic mass is 35.5. The minimum Gasteiger partial charge on any atom is -0.480 e. The molecule has 0 aliphatic carbocycles. The highest BCUT2D eigenvalue weighted by Gasteiger charge is 2.53. The minimum absolute atomic E-state index is 0.00765. The number of carboxylic acid groups (broad SMARTS) is 2. The lowest BCUT2D eigenvalue weighted by atomic mass is 9.79. The Kier molecular flexibility index (Phi) is 6.45. The number of carboxylic acids is 2. The number of amides is 1. The molecule has 3 fully saturated rings. The Morgan fingerprint density at radius 2 is 1.97 bits per heavy atom. The van der Waals surface area contributed by atoms with Crippen LogP contribution in [0.3, 0.4) is 0 Å². The van der Waals surface area contributed by atoms with Crippen molar-refractivity contribution in [2.24, 2.45) is 5.41 Å². The van der Waals surface area contributed by atoms with E-state index in [0.717, 1.165) is 25.1 Å². The summed E-state index contributed by atoms with van der Waals surface area (Å²) in [5, 5.41) is 24.1. The van der Waals surface area contributed by atoms with Crippen molar-refractivity contribution in [2.75, 3.05) is 18.0 Å².